The second kappa shape index (κ2) is 8.11. The largest absolute Gasteiger partial charge is 0.273 e. The first-order chi connectivity index (χ1) is 12.5. The lowest BCUT2D eigenvalue weighted by atomic mass is 9.99. The maximum Gasteiger partial charge on any atom is 0.244 e. The van der Waals surface area contributed by atoms with E-state index in [1.165, 1.54) is 9.18 Å². The topological polar surface area (TPSA) is 78.8 Å². The first-order valence-electron chi connectivity index (χ1n) is 8.41. The molecule has 26 heavy (non-hydrogen) atoms. The molecule has 0 spiro atoms. The maximum absolute atomic E-state index is 12.7. The van der Waals surface area contributed by atoms with Crippen LogP contribution in [0.4, 0.5) is 0 Å². The van der Waals surface area contributed by atoms with Gasteiger partial charge in [0, 0.05) is 22.8 Å². The standard InChI is InChI=1S/C18H21N3O3S2/c1-14-9-10-16(25-14)12-19-20-18(22)15-6-5-11-21(13-15)26(23,24)17-7-3-2-4-8-17/h2-4,7-10,12,15H,5-6,11,13H2,1H3,(H,20,22)/b19-12-/t15-/m0/s1. The molecule has 1 aromatic heterocycles. The van der Waals surface area contributed by atoms with Crippen LogP contribution in [-0.2, 0) is 14.8 Å². The van der Waals surface area contributed by atoms with E-state index in [2.05, 4.69) is 10.5 Å². The summed E-state index contributed by atoms with van der Waals surface area (Å²) in [5.41, 5.74) is 2.54. The van der Waals surface area contributed by atoms with Crippen molar-refractivity contribution in [1.29, 1.82) is 0 Å². The van der Waals surface area contributed by atoms with Crippen LogP contribution in [0.1, 0.15) is 22.6 Å². The highest BCUT2D eigenvalue weighted by Crippen LogP contribution is 2.23. The first-order valence-corrected chi connectivity index (χ1v) is 10.7. The molecule has 2 aromatic rings. The highest BCUT2D eigenvalue weighted by atomic mass is 32.2. The van der Waals surface area contributed by atoms with E-state index in [4.69, 9.17) is 0 Å². The summed E-state index contributed by atoms with van der Waals surface area (Å²) in [6.45, 7) is 2.61. The molecule has 1 aliphatic rings. The molecule has 1 aliphatic heterocycles. The van der Waals surface area contributed by atoms with E-state index < -0.39 is 15.9 Å². The number of nitrogens with one attached hydrogen (secondary N) is 1. The van der Waals surface area contributed by atoms with Gasteiger partial charge in [-0.2, -0.15) is 9.41 Å². The van der Waals surface area contributed by atoms with Crippen molar-refractivity contribution in [2.45, 2.75) is 24.7 Å². The molecule has 1 amide bonds. The van der Waals surface area contributed by atoms with E-state index in [0.717, 1.165) is 4.88 Å². The van der Waals surface area contributed by atoms with E-state index in [-0.39, 0.29) is 17.3 Å². The monoisotopic (exact) mass is 391 g/mol. The molecule has 1 fully saturated rings. The van der Waals surface area contributed by atoms with Gasteiger partial charge >= 0.3 is 0 Å². The summed E-state index contributed by atoms with van der Waals surface area (Å²) in [5.74, 6) is -0.646. The van der Waals surface area contributed by atoms with Gasteiger partial charge in [-0.3, -0.25) is 4.79 Å². The van der Waals surface area contributed by atoms with Crippen LogP contribution < -0.4 is 5.43 Å². The molecule has 1 atom stereocenters. The van der Waals surface area contributed by atoms with E-state index >= 15 is 0 Å². The Hall–Kier alpha value is -2.03. The van der Waals surface area contributed by atoms with Crippen LogP contribution in [0.5, 0.6) is 0 Å². The number of hydrogen-bond donors (Lipinski definition) is 1. The van der Waals surface area contributed by atoms with E-state index in [1.807, 2.05) is 19.1 Å². The summed E-state index contributed by atoms with van der Waals surface area (Å²) in [5, 5.41) is 3.99. The average Bonchev–Trinajstić information content (AvgIpc) is 3.07. The molecule has 1 N–H and O–H groups in total. The van der Waals surface area contributed by atoms with Gasteiger partial charge in [0.1, 0.15) is 0 Å². The summed E-state index contributed by atoms with van der Waals surface area (Å²) >= 11 is 1.59. The number of hydrogen-bond acceptors (Lipinski definition) is 5. The SMILES string of the molecule is Cc1ccc(/C=N\NC(=O)[C@H]2CCCN(S(=O)(=O)c3ccccc3)C2)s1. The normalized spacial score (nSPS) is 18.9. The van der Waals surface area contributed by atoms with Gasteiger partial charge in [0.25, 0.3) is 0 Å². The van der Waals surface area contributed by atoms with Crippen molar-refractivity contribution in [1.82, 2.24) is 9.73 Å². The summed E-state index contributed by atoms with van der Waals surface area (Å²) in [7, 11) is -3.57. The van der Waals surface area contributed by atoms with Crippen molar-refractivity contribution in [3.8, 4) is 0 Å². The summed E-state index contributed by atoms with van der Waals surface area (Å²) in [6, 6.07) is 12.2. The number of thiophene rings is 1. The second-order valence-corrected chi connectivity index (χ2v) is 9.46. The smallest absolute Gasteiger partial charge is 0.244 e. The number of sulfonamides is 1. The average molecular weight is 392 g/mol. The van der Waals surface area contributed by atoms with Crippen LogP contribution >= 0.6 is 11.3 Å². The van der Waals surface area contributed by atoms with Crippen molar-refractivity contribution >= 4 is 33.5 Å². The number of amides is 1. The Labute approximate surface area is 157 Å². The van der Waals surface area contributed by atoms with E-state index in [0.29, 0.717) is 19.4 Å². The zero-order valence-electron chi connectivity index (χ0n) is 14.5. The quantitative estimate of drug-likeness (QED) is 0.629. The van der Waals surface area contributed by atoms with Gasteiger partial charge in [-0.15, -0.1) is 11.3 Å². The molecular weight excluding hydrogens is 370 g/mol. The van der Waals surface area contributed by atoms with Gasteiger partial charge in [-0.1, -0.05) is 18.2 Å². The Bertz CT molecular complexity index is 891. The molecule has 1 aromatic carbocycles. The molecule has 8 heteroatoms. The van der Waals surface area contributed by atoms with Gasteiger partial charge in [0.05, 0.1) is 17.0 Å². The van der Waals surface area contributed by atoms with Crippen LogP contribution in [0.2, 0.25) is 0 Å². The Balaban J connectivity index is 1.62. The van der Waals surface area contributed by atoms with Gasteiger partial charge in [0.15, 0.2) is 0 Å². The highest BCUT2D eigenvalue weighted by molar-refractivity contribution is 7.89. The molecule has 2 heterocycles. The summed E-state index contributed by atoms with van der Waals surface area (Å²) < 4.78 is 26.8. The lowest BCUT2D eigenvalue weighted by Crippen LogP contribution is -2.44. The summed E-state index contributed by atoms with van der Waals surface area (Å²) in [6.07, 6.45) is 2.91. The van der Waals surface area contributed by atoms with Gasteiger partial charge < -0.3 is 0 Å². The Kier molecular flexibility index (Phi) is 5.85. The fourth-order valence-corrected chi connectivity index (χ4v) is 5.18. The minimum Gasteiger partial charge on any atom is -0.273 e. The number of hydrazone groups is 1. The predicted octanol–water partition coefficient (Wildman–Crippen LogP) is 2.61. The molecular formula is C18H21N3O3S2. The fourth-order valence-electron chi connectivity index (χ4n) is 2.89. The van der Waals surface area contributed by atoms with E-state index in [1.54, 1.807) is 47.9 Å². The highest BCUT2D eigenvalue weighted by Gasteiger charge is 2.33. The van der Waals surface area contributed by atoms with Crippen molar-refractivity contribution in [3.05, 3.63) is 52.2 Å². The predicted molar refractivity (Wildman–Crippen MR) is 103 cm³/mol. The van der Waals surface area contributed by atoms with Crippen molar-refractivity contribution in [3.63, 3.8) is 0 Å². The molecule has 0 radical (unpaired) electrons. The van der Waals surface area contributed by atoms with Gasteiger partial charge in [-0.05, 0) is 44.0 Å². The van der Waals surface area contributed by atoms with Crippen molar-refractivity contribution < 1.29 is 13.2 Å². The number of piperidine rings is 1. The van der Waals surface area contributed by atoms with Crippen LogP contribution in [0, 0.1) is 12.8 Å². The maximum atomic E-state index is 12.7. The number of carbonyl (C=O) groups excluding carboxylic acids is 1. The third-order valence-electron chi connectivity index (χ3n) is 4.26. The number of rotatable bonds is 5. The molecule has 0 bridgehead atoms. The Morgan fingerprint density at radius 3 is 2.73 bits per heavy atom. The van der Waals surface area contributed by atoms with E-state index in [9.17, 15) is 13.2 Å². The minimum absolute atomic E-state index is 0.177. The number of carbonyl (C=O) groups is 1. The van der Waals surface area contributed by atoms with Crippen molar-refractivity contribution in [2.75, 3.05) is 13.1 Å². The molecule has 138 valence electrons. The van der Waals surface area contributed by atoms with Crippen molar-refractivity contribution in [2.24, 2.45) is 11.0 Å². The lowest BCUT2D eigenvalue weighted by Gasteiger charge is -2.30. The molecule has 6 nitrogen and oxygen atoms in total. The fraction of sp³-hybridized carbons (Fsp3) is 0.333. The van der Waals surface area contributed by atoms with Crippen LogP contribution in [0.15, 0.2) is 52.5 Å². The third kappa shape index (κ3) is 4.38. The molecule has 3 rings (SSSR count). The van der Waals surface area contributed by atoms with Gasteiger partial charge in [0.2, 0.25) is 15.9 Å². The number of nitrogens with zero attached hydrogens (tertiary/aromatic N) is 2. The zero-order valence-corrected chi connectivity index (χ0v) is 16.1. The van der Waals surface area contributed by atoms with Crippen LogP contribution in [-0.4, -0.2) is 37.9 Å². The first kappa shape index (κ1) is 18.8. The molecule has 0 saturated carbocycles. The van der Waals surface area contributed by atoms with Gasteiger partial charge in [-0.25, -0.2) is 13.8 Å². The lowest BCUT2D eigenvalue weighted by molar-refractivity contribution is -0.126. The molecule has 1 saturated heterocycles. The van der Waals surface area contributed by atoms with Crippen LogP contribution in [0.25, 0.3) is 0 Å². The number of aryl methyl sites for hydroxylation is 1. The minimum atomic E-state index is -3.57. The Morgan fingerprint density at radius 1 is 1.27 bits per heavy atom. The summed E-state index contributed by atoms with van der Waals surface area (Å²) in [4.78, 5) is 14.7. The zero-order chi connectivity index (χ0) is 18.6. The molecule has 0 aliphatic carbocycles. The number of benzene rings is 1. The second-order valence-electron chi connectivity index (χ2n) is 6.20. The van der Waals surface area contributed by atoms with Crippen LogP contribution in [0.3, 0.4) is 0 Å². The third-order valence-corrected chi connectivity index (χ3v) is 7.08. The molecule has 0 unspecified atom stereocenters. The Morgan fingerprint density at radius 2 is 2.04 bits per heavy atom.